The summed E-state index contributed by atoms with van der Waals surface area (Å²) in [6.07, 6.45) is 5.70. The van der Waals surface area contributed by atoms with Crippen LogP contribution in [0.1, 0.15) is 49.5 Å². The third-order valence-electron chi connectivity index (χ3n) is 7.61. The number of carbonyl (C=O) groups is 2. The predicted octanol–water partition coefficient (Wildman–Crippen LogP) is 6.06. The molecule has 2 aromatic heterocycles. The maximum absolute atomic E-state index is 13.0. The van der Waals surface area contributed by atoms with Gasteiger partial charge in [-0.2, -0.15) is 5.26 Å². The Balaban J connectivity index is 1.43. The monoisotopic (exact) mass is 594 g/mol. The van der Waals surface area contributed by atoms with Gasteiger partial charge in [0.15, 0.2) is 0 Å². The lowest BCUT2D eigenvalue weighted by atomic mass is 9.98. The number of fused-ring (bicyclic) bond motifs is 1. The Morgan fingerprint density at radius 3 is 2.52 bits per heavy atom. The number of amides is 1. The number of methoxy groups -OCH3 is 1. The fourth-order valence-corrected chi connectivity index (χ4v) is 5.46. The molecular weight excluding hydrogens is 556 g/mol. The normalized spacial score (nSPS) is 14.5. The summed E-state index contributed by atoms with van der Waals surface area (Å²) < 4.78 is 10.6. The van der Waals surface area contributed by atoms with Crippen molar-refractivity contribution in [2.45, 2.75) is 57.7 Å². The molecule has 0 radical (unpaired) electrons. The fourth-order valence-electron chi connectivity index (χ4n) is 5.46. The second-order valence-corrected chi connectivity index (χ2v) is 11.9. The van der Waals surface area contributed by atoms with Crippen LogP contribution in [-0.4, -0.2) is 59.9 Å². The Morgan fingerprint density at radius 1 is 1.09 bits per heavy atom. The number of nitrogens with zero attached hydrogens (tertiary/aromatic N) is 3. The van der Waals surface area contributed by atoms with E-state index in [0.717, 1.165) is 46.5 Å². The van der Waals surface area contributed by atoms with Crippen LogP contribution in [0.15, 0.2) is 67.0 Å². The van der Waals surface area contributed by atoms with Crippen molar-refractivity contribution in [3.63, 3.8) is 0 Å². The predicted molar refractivity (Wildman–Crippen MR) is 171 cm³/mol. The smallest absolute Gasteiger partial charge is 0.407 e. The zero-order valence-corrected chi connectivity index (χ0v) is 25.5. The number of esters is 1. The minimum atomic E-state index is -0.924. The maximum atomic E-state index is 13.0. The summed E-state index contributed by atoms with van der Waals surface area (Å²) in [4.78, 5) is 36.0. The first-order valence-corrected chi connectivity index (χ1v) is 14.8. The molecule has 2 aromatic carbocycles. The van der Waals surface area contributed by atoms with E-state index in [2.05, 4.69) is 31.6 Å². The number of nitriles is 1. The lowest BCUT2D eigenvalue weighted by molar-refractivity contribution is 0.0501. The Bertz CT molecular complexity index is 1660. The van der Waals surface area contributed by atoms with E-state index in [1.165, 1.54) is 20.0 Å². The van der Waals surface area contributed by atoms with Gasteiger partial charge in [-0.05, 0) is 81.5 Å². The largest absolute Gasteiger partial charge is 0.465 e. The molecule has 0 spiro atoms. The van der Waals surface area contributed by atoms with Crippen molar-refractivity contribution in [1.29, 1.82) is 5.26 Å². The zero-order valence-electron chi connectivity index (χ0n) is 25.5. The van der Waals surface area contributed by atoms with Crippen molar-refractivity contribution >= 4 is 34.5 Å². The second-order valence-electron chi connectivity index (χ2n) is 11.9. The molecule has 2 atom stereocenters. The van der Waals surface area contributed by atoms with Crippen molar-refractivity contribution in [2.75, 3.05) is 30.4 Å². The number of H-pyrrole nitrogens is 1. The number of aromatic amines is 1. The molecule has 1 unspecified atom stereocenters. The average molecular weight is 595 g/mol. The van der Waals surface area contributed by atoms with Crippen molar-refractivity contribution in [1.82, 2.24) is 15.3 Å². The molecule has 1 amide bonds. The van der Waals surface area contributed by atoms with E-state index in [4.69, 9.17) is 9.47 Å². The van der Waals surface area contributed by atoms with Crippen LogP contribution in [0.5, 0.6) is 0 Å². The number of rotatable bonds is 9. The first kappa shape index (κ1) is 30.4. The molecule has 5 rings (SSSR count). The van der Waals surface area contributed by atoms with Crippen molar-refractivity contribution in [3.8, 4) is 17.2 Å². The molecular formula is C34H38N6O4. The number of anilines is 2. The number of ether oxygens (including phenoxy) is 2. The summed E-state index contributed by atoms with van der Waals surface area (Å²) in [7, 11) is 1.32. The van der Waals surface area contributed by atoms with E-state index < -0.39 is 29.7 Å². The van der Waals surface area contributed by atoms with Crippen LogP contribution in [0.4, 0.5) is 16.3 Å². The highest BCUT2D eigenvalue weighted by atomic mass is 16.6. The van der Waals surface area contributed by atoms with Gasteiger partial charge in [0, 0.05) is 47.6 Å². The quantitative estimate of drug-likeness (QED) is 0.199. The third-order valence-corrected chi connectivity index (χ3v) is 7.61. The van der Waals surface area contributed by atoms with Crippen LogP contribution in [0.2, 0.25) is 0 Å². The van der Waals surface area contributed by atoms with Gasteiger partial charge in [0.1, 0.15) is 17.5 Å². The Kier molecular flexibility index (Phi) is 9.04. The highest BCUT2D eigenvalue weighted by Gasteiger charge is 2.29. The van der Waals surface area contributed by atoms with Gasteiger partial charge in [-0.15, -0.1) is 0 Å². The highest BCUT2D eigenvalue weighted by molar-refractivity contribution is 5.97. The summed E-state index contributed by atoms with van der Waals surface area (Å²) in [5.41, 5.74) is 3.46. The van der Waals surface area contributed by atoms with Crippen LogP contribution >= 0.6 is 0 Å². The van der Waals surface area contributed by atoms with E-state index >= 15 is 0 Å². The molecule has 0 bridgehead atoms. The minimum absolute atomic E-state index is 0.261. The van der Waals surface area contributed by atoms with Gasteiger partial charge in [-0.25, -0.2) is 14.6 Å². The molecule has 0 aliphatic carbocycles. The second kappa shape index (κ2) is 13.1. The molecule has 228 valence electrons. The minimum Gasteiger partial charge on any atom is -0.465 e. The van der Waals surface area contributed by atoms with Crippen LogP contribution in [0.3, 0.4) is 0 Å². The van der Waals surface area contributed by atoms with Crippen molar-refractivity contribution in [2.24, 2.45) is 0 Å². The number of para-hydroxylation sites is 1. The van der Waals surface area contributed by atoms with Gasteiger partial charge < -0.3 is 30.0 Å². The van der Waals surface area contributed by atoms with Gasteiger partial charge in [0.2, 0.25) is 0 Å². The number of hydrogen-bond acceptors (Lipinski definition) is 8. The number of nitrogens with one attached hydrogen (secondary N) is 3. The van der Waals surface area contributed by atoms with Crippen LogP contribution in [0.25, 0.3) is 22.0 Å². The van der Waals surface area contributed by atoms with E-state index in [9.17, 15) is 14.9 Å². The lowest BCUT2D eigenvalue weighted by Gasteiger charge is -2.27. The summed E-state index contributed by atoms with van der Waals surface area (Å²) in [6, 6.07) is 17.8. The van der Waals surface area contributed by atoms with Crippen molar-refractivity contribution in [3.05, 3.63) is 78.1 Å². The van der Waals surface area contributed by atoms with Gasteiger partial charge in [-0.1, -0.05) is 24.3 Å². The summed E-state index contributed by atoms with van der Waals surface area (Å²) in [5.74, 6) is 0.384. The molecule has 1 fully saturated rings. The molecule has 10 nitrogen and oxygen atoms in total. The molecule has 1 aliphatic heterocycles. The van der Waals surface area contributed by atoms with Gasteiger partial charge >= 0.3 is 12.1 Å². The molecule has 0 saturated carbocycles. The van der Waals surface area contributed by atoms with Crippen LogP contribution in [0, 0.1) is 11.3 Å². The number of hydrogen-bond donors (Lipinski definition) is 3. The number of aromatic nitrogens is 2. The van der Waals surface area contributed by atoms with Crippen molar-refractivity contribution < 1.29 is 19.1 Å². The summed E-state index contributed by atoms with van der Waals surface area (Å²) in [6.45, 7) is 7.34. The molecule has 4 aromatic rings. The molecule has 1 aliphatic rings. The number of alkyl carbamates (subject to hydrolysis) is 1. The van der Waals surface area contributed by atoms with E-state index in [-0.39, 0.29) is 5.56 Å². The zero-order chi connectivity index (χ0) is 31.3. The van der Waals surface area contributed by atoms with Gasteiger partial charge in [0.25, 0.3) is 0 Å². The Morgan fingerprint density at radius 2 is 1.84 bits per heavy atom. The first-order valence-electron chi connectivity index (χ1n) is 14.8. The average Bonchev–Trinajstić information content (AvgIpc) is 3.69. The molecule has 3 N–H and O–H groups in total. The SMILES string of the molecule is COC(=O)c1cc(-c2ccc(N3CCCC3)nc2)ccc1NC(C#N)[C@H](Cc1c[nH]c2ccccc12)NC(=O)OC(C)(C)C. The molecule has 3 heterocycles. The van der Waals surface area contributed by atoms with Gasteiger partial charge in [0.05, 0.1) is 24.8 Å². The lowest BCUT2D eigenvalue weighted by Crippen LogP contribution is -2.49. The van der Waals surface area contributed by atoms with Crippen LogP contribution in [-0.2, 0) is 15.9 Å². The molecule has 44 heavy (non-hydrogen) atoms. The Labute approximate surface area is 257 Å². The maximum Gasteiger partial charge on any atom is 0.407 e. The van der Waals surface area contributed by atoms with E-state index in [1.54, 1.807) is 39.1 Å². The van der Waals surface area contributed by atoms with E-state index in [1.807, 2.05) is 48.7 Å². The van der Waals surface area contributed by atoms with Crippen LogP contribution < -0.4 is 15.5 Å². The topological polar surface area (TPSA) is 132 Å². The van der Waals surface area contributed by atoms with Gasteiger partial charge in [-0.3, -0.25) is 0 Å². The molecule has 1 saturated heterocycles. The Hall–Kier alpha value is -5.04. The summed E-state index contributed by atoms with van der Waals surface area (Å²) >= 11 is 0. The standard InChI is InChI=1S/C34H38N6O4/c1-34(2,3)44-33(42)39-29(18-24-21-36-27-10-6-5-9-25(24)27)30(19-35)38-28-13-11-22(17-26(28)32(41)43-4)23-12-14-31(37-20-23)40-15-7-8-16-40/h5-6,9-14,17,20-21,29-30,36,38H,7-8,15-16,18H2,1-4H3,(H,39,42)/t29-,30?/m0/s1. The van der Waals surface area contributed by atoms with E-state index in [0.29, 0.717) is 12.1 Å². The number of pyridine rings is 1. The highest BCUT2D eigenvalue weighted by Crippen LogP contribution is 2.29. The number of benzene rings is 2. The number of carbonyl (C=O) groups excluding carboxylic acids is 2. The summed E-state index contributed by atoms with van der Waals surface area (Å²) in [5, 5.41) is 17.4. The first-order chi connectivity index (χ1) is 21.1. The molecule has 10 heteroatoms. The fraction of sp³-hybridized carbons (Fsp3) is 0.353. The third kappa shape index (κ3) is 7.11.